The number of hydrogen-bond donors (Lipinski definition) is 3. The molecule has 0 aliphatic carbocycles. The number of nitrogens with one attached hydrogen (secondary N) is 2. The number of para-hydroxylation sites is 1. The van der Waals surface area contributed by atoms with Crippen molar-refractivity contribution >= 4 is 45.9 Å². The Labute approximate surface area is 190 Å². The van der Waals surface area contributed by atoms with Crippen LogP contribution in [-0.4, -0.2) is 43.5 Å². The second-order valence-corrected chi connectivity index (χ2v) is 7.06. The second-order valence-electron chi connectivity index (χ2n) is 6.65. The number of anilines is 1. The van der Waals surface area contributed by atoms with Crippen molar-refractivity contribution < 1.29 is 23.8 Å². The van der Waals surface area contributed by atoms with Crippen molar-refractivity contribution in [3.63, 3.8) is 0 Å². The molecule has 3 aromatic rings. The van der Waals surface area contributed by atoms with Gasteiger partial charge in [-0.3, -0.25) is 4.79 Å². The van der Waals surface area contributed by atoms with E-state index in [0.29, 0.717) is 29.6 Å². The van der Waals surface area contributed by atoms with Crippen molar-refractivity contribution in [2.45, 2.75) is 0 Å². The number of carbonyl (C=O) groups excluding carboxylic acids is 2. The lowest BCUT2D eigenvalue weighted by Gasteiger charge is -2.11. The molecule has 3 aromatic carbocycles. The summed E-state index contributed by atoms with van der Waals surface area (Å²) in [4.78, 5) is 23.1. The standard InChI is InChI=1S/C23H23N3O5S/c24-21(27)18-7-6-17-15-20(9-8-16(17)14-18)31-23(28)30-13-12-29-11-10-25-22(32)26-19-4-2-1-3-5-19/h1-9,14-15H,10-13H2,(H2,24,27)(H2,25,26,32). The molecule has 9 heteroatoms. The molecule has 0 bridgehead atoms. The van der Waals surface area contributed by atoms with E-state index in [-0.39, 0.29) is 13.2 Å². The number of fused-ring (bicyclic) bond motifs is 1. The summed E-state index contributed by atoms with van der Waals surface area (Å²) in [6.45, 7) is 1.19. The van der Waals surface area contributed by atoms with E-state index in [9.17, 15) is 9.59 Å². The first-order valence-electron chi connectivity index (χ1n) is 9.87. The summed E-state index contributed by atoms with van der Waals surface area (Å²) >= 11 is 5.20. The van der Waals surface area contributed by atoms with Crippen LogP contribution in [0.15, 0.2) is 66.7 Å². The van der Waals surface area contributed by atoms with Crippen LogP contribution in [0.1, 0.15) is 10.4 Å². The zero-order chi connectivity index (χ0) is 22.8. The van der Waals surface area contributed by atoms with Crippen LogP contribution in [0.3, 0.4) is 0 Å². The minimum absolute atomic E-state index is 0.0566. The number of hydrogen-bond acceptors (Lipinski definition) is 6. The maximum Gasteiger partial charge on any atom is 0.513 e. The van der Waals surface area contributed by atoms with Gasteiger partial charge in [0.15, 0.2) is 5.11 Å². The minimum atomic E-state index is -0.826. The number of carbonyl (C=O) groups is 2. The van der Waals surface area contributed by atoms with Gasteiger partial charge < -0.3 is 30.6 Å². The SMILES string of the molecule is NC(=O)c1ccc2cc(OC(=O)OCCOCCNC(=S)Nc3ccccc3)ccc2c1. The summed E-state index contributed by atoms with van der Waals surface area (Å²) in [5.74, 6) is -0.167. The first kappa shape index (κ1) is 23.0. The fourth-order valence-corrected chi connectivity index (χ4v) is 3.01. The highest BCUT2D eigenvalue weighted by atomic mass is 32.1. The van der Waals surface area contributed by atoms with Crippen LogP contribution < -0.4 is 21.1 Å². The molecule has 0 heterocycles. The average molecular weight is 454 g/mol. The highest BCUT2D eigenvalue weighted by Crippen LogP contribution is 2.22. The van der Waals surface area contributed by atoms with E-state index in [1.165, 1.54) is 0 Å². The largest absolute Gasteiger partial charge is 0.513 e. The minimum Gasteiger partial charge on any atom is -0.432 e. The van der Waals surface area contributed by atoms with Crippen molar-refractivity contribution in [1.82, 2.24) is 5.32 Å². The fourth-order valence-electron chi connectivity index (χ4n) is 2.79. The Hall–Kier alpha value is -3.69. The maximum atomic E-state index is 11.8. The molecule has 32 heavy (non-hydrogen) atoms. The van der Waals surface area contributed by atoms with Crippen molar-refractivity contribution in [2.24, 2.45) is 5.73 Å². The molecular formula is C23H23N3O5S. The molecule has 0 saturated heterocycles. The molecule has 1 amide bonds. The van der Waals surface area contributed by atoms with Gasteiger partial charge in [-0.15, -0.1) is 0 Å². The number of benzene rings is 3. The van der Waals surface area contributed by atoms with Crippen molar-refractivity contribution in [2.75, 3.05) is 31.7 Å². The van der Waals surface area contributed by atoms with Crippen LogP contribution in [0.5, 0.6) is 5.75 Å². The fraction of sp³-hybridized carbons (Fsp3) is 0.174. The first-order chi connectivity index (χ1) is 15.5. The van der Waals surface area contributed by atoms with Crippen LogP contribution in [0.25, 0.3) is 10.8 Å². The van der Waals surface area contributed by atoms with Gasteiger partial charge >= 0.3 is 6.16 Å². The third kappa shape index (κ3) is 7.22. The number of thiocarbonyl (C=S) groups is 1. The Balaban J connectivity index is 1.30. The first-order valence-corrected chi connectivity index (χ1v) is 10.3. The molecule has 166 valence electrons. The van der Waals surface area contributed by atoms with Crippen molar-refractivity contribution in [3.05, 3.63) is 72.3 Å². The van der Waals surface area contributed by atoms with Crippen molar-refractivity contribution in [3.8, 4) is 5.75 Å². The third-order valence-electron chi connectivity index (χ3n) is 4.31. The average Bonchev–Trinajstić information content (AvgIpc) is 2.78. The van der Waals surface area contributed by atoms with Gasteiger partial charge in [0.1, 0.15) is 12.4 Å². The predicted molar refractivity (Wildman–Crippen MR) is 126 cm³/mol. The Morgan fingerprint density at radius 2 is 1.66 bits per heavy atom. The molecule has 0 atom stereocenters. The normalized spacial score (nSPS) is 10.4. The lowest BCUT2D eigenvalue weighted by molar-refractivity contribution is 0.0537. The molecule has 3 rings (SSSR count). The van der Waals surface area contributed by atoms with Gasteiger partial charge in [0.05, 0.1) is 13.2 Å². The smallest absolute Gasteiger partial charge is 0.432 e. The highest BCUT2D eigenvalue weighted by Gasteiger charge is 2.08. The van der Waals surface area contributed by atoms with Crippen molar-refractivity contribution in [1.29, 1.82) is 0 Å². The summed E-state index contributed by atoms with van der Waals surface area (Å²) in [5.41, 5.74) is 6.59. The van der Waals surface area contributed by atoms with Gasteiger partial charge in [-0.05, 0) is 59.4 Å². The van der Waals surface area contributed by atoms with E-state index in [1.807, 2.05) is 30.3 Å². The monoisotopic (exact) mass is 453 g/mol. The van der Waals surface area contributed by atoms with E-state index in [4.69, 9.17) is 32.2 Å². The molecule has 0 spiro atoms. The molecule has 0 aliphatic heterocycles. The number of ether oxygens (including phenoxy) is 3. The zero-order valence-electron chi connectivity index (χ0n) is 17.2. The van der Waals surface area contributed by atoms with Gasteiger partial charge in [0.25, 0.3) is 0 Å². The maximum absolute atomic E-state index is 11.8. The van der Waals surface area contributed by atoms with Gasteiger partial charge in [-0.2, -0.15) is 0 Å². The van der Waals surface area contributed by atoms with Gasteiger partial charge in [-0.1, -0.05) is 30.3 Å². The van der Waals surface area contributed by atoms with E-state index < -0.39 is 12.1 Å². The summed E-state index contributed by atoms with van der Waals surface area (Å²) in [6, 6.07) is 19.6. The van der Waals surface area contributed by atoms with Crippen LogP contribution in [0, 0.1) is 0 Å². The number of nitrogens with two attached hydrogens (primary N) is 1. The van der Waals surface area contributed by atoms with Gasteiger partial charge in [-0.25, -0.2) is 4.79 Å². The summed E-state index contributed by atoms with van der Waals surface area (Å²) < 4.78 is 15.6. The van der Waals surface area contributed by atoms with Crippen LogP contribution in [0.4, 0.5) is 10.5 Å². The second kappa shape index (κ2) is 11.6. The molecule has 4 N–H and O–H groups in total. The number of amides is 1. The molecular weight excluding hydrogens is 430 g/mol. The quantitative estimate of drug-likeness (QED) is 0.195. The molecule has 0 aromatic heterocycles. The molecule has 8 nitrogen and oxygen atoms in total. The van der Waals surface area contributed by atoms with E-state index in [1.54, 1.807) is 36.4 Å². The lowest BCUT2D eigenvalue weighted by Crippen LogP contribution is -2.31. The van der Waals surface area contributed by atoms with Crippen LogP contribution in [0.2, 0.25) is 0 Å². The summed E-state index contributed by atoms with van der Waals surface area (Å²) in [7, 11) is 0. The third-order valence-corrected chi connectivity index (χ3v) is 4.56. The van der Waals surface area contributed by atoms with E-state index >= 15 is 0 Å². The lowest BCUT2D eigenvalue weighted by atomic mass is 10.1. The van der Waals surface area contributed by atoms with Crippen LogP contribution >= 0.6 is 12.2 Å². The summed E-state index contributed by atoms with van der Waals surface area (Å²) in [5, 5.41) is 8.19. The number of rotatable bonds is 9. The zero-order valence-corrected chi connectivity index (χ0v) is 18.0. The molecule has 0 radical (unpaired) electrons. The highest BCUT2D eigenvalue weighted by molar-refractivity contribution is 7.80. The number of primary amides is 1. The molecule has 0 unspecified atom stereocenters. The Morgan fingerprint density at radius 3 is 2.44 bits per heavy atom. The Bertz CT molecular complexity index is 1090. The molecule has 0 aliphatic rings. The van der Waals surface area contributed by atoms with Crippen LogP contribution in [-0.2, 0) is 9.47 Å². The van der Waals surface area contributed by atoms with Gasteiger partial charge in [0.2, 0.25) is 5.91 Å². The Kier molecular flexibility index (Phi) is 8.36. The molecule has 0 fully saturated rings. The predicted octanol–water partition coefficient (Wildman–Crippen LogP) is 3.46. The van der Waals surface area contributed by atoms with E-state index in [2.05, 4.69) is 10.6 Å². The topological polar surface area (TPSA) is 112 Å². The molecule has 0 saturated carbocycles. The summed E-state index contributed by atoms with van der Waals surface area (Å²) in [6.07, 6.45) is -0.826. The Morgan fingerprint density at radius 1 is 0.906 bits per heavy atom. The van der Waals surface area contributed by atoms with E-state index in [0.717, 1.165) is 16.5 Å². The van der Waals surface area contributed by atoms with Gasteiger partial charge in [0, 0.05) is 17.8 Å².